The quantitative estimate of drug-likeness (QED) is 0.818. The number of aromatic hydroxyl groups is 1. The first-order chi connectivity index (χ1) is 11.7. The number of methoxy groups -OCH3 is 1. The largest absolute Gasteiger partial charge is 2.00 e. The second-order valence-corrected chi connectivity index (χ2v) is 5.11. The summed E-state index contributed by atoms with van der Waals surface area (Å²) >= 11 is 0. The minimum Gasteiger partial charge on any atom is -0.502 e. The summed E-state index contributed by atoms with van der Waals surface area (Å²) < 4.78 is 10.7. The Kier molecular flexibility index (Phi) is 7.39. The molecule has 4 rings (SSSR count). The van der Waals surface area contributed by atoms with Crippen molar-refractivity contribution in [1.29, 1.82) is 0 Å². The molecule has 2 aromatic rings. The van der Waals surface area contributed by atoms with Gasteiger partial charge in [-0.05, 0) is 69.9 Å². The second kappa shape index (κ2) is 9.30. The molecule has 1 aromatic heterocycles. The van der Waals surface area contributed by atoms with Crippen molar-refractivity contribution in [2.75, 3.05) is 7.11 Å². The summed E-state index contributed by atoms with van der Waals surface area (Å²) in [6, 6.07) is 4.86. The zero-order valence-electron chi connectivity index (χ0n) is 13.5. The van der Waals surface area contributed by atoms with Gasteiger partial charge in [0.1, 0.15) is 11.3 Å². The minimum absolute atomic E-state index is 0. The third kappa shape index (κ3) is 4.59. The van der Waals surface area contributed by atoms with Gasteiger partial charge in [0.25, 0.3) is 0 Å². The fraction of sp³-hybridized carbons (Fsp3) is 0.0500. The Morgan fingerprint density at radius 2 is 1.56 bits per heavy atom. The number of rotatable bonds is 2. The Hall–Kier alpha value is -1.45. The SMILES string of the molecule is COc1ccc2c(=O)c(O)c([C]3[CH][CH][CH][CH]3)oc2c1.[CH]1[CH][CH][CH][CH]1.[Fe+2]. The van der Waals surface area contributed by atoms with Crippen molar-refractivity contribution < 1.29 is 31.3 Å². The zero-order chi connectivity index (χ0) is 16.9. The third-order valence-corrected chi connectivity index (χ3v) is 3.56. The van der Waals surface area contributed by atoms with Crippen molar-refractivity contribution in [3.8, 4) is 11.5 Å². The van der Waals surface area contributed by atoms with Crippen LogP contribution in [0.3, 0.4) is 0 Å². The molecule has 0 amide bonds. The van der Waals surface area contributed by atoms with E-state index in [1.54, 1.807) is 31.0 Å². The zero-order valence-corrected chi connectivity index (χ0v) is 14.6. The molecule has 2 aliphatic carbocycles. The van der Waals surface area contributed by atoms with Crippen LogP contribution in [0.25, 0.3) is 11.0 Å². The van der Waals surface area contributed by atoms with Crippen molar-refractivity contribution in [2.45, 2.75) is 0 Å². The van der Waals surface area contributed by atoms with Gasteiger partial charge in [0.2, 0.25) is 11.2 Å². The summed E-state index contributed by atoms with van der Waals surface area (Å²) in [6.07, 6.45) is 17.2. The van der Waals surface area contributed by atoms with Gasteiger partial charge in [0.15, 0.2) is 5.76 Å². The van der Waals surface area contributed by atoms with Crippen LogP contribution in [0.15, 0.2) is 27.4 Å². The van der Waals surface area contributed by atoms with Crippen molar-refractivity contribution in [3.05, 3.63) is 97.9 Å². The van der Waals surface area contributed by atoms with Crippen LogP contribution < -0.4 is 10.2 Å². The van der Waals surface area contributed by atoms with E-state index in [0.717, 1.165) is 0 Å². The molecular weight excluding hydrogens is 360 g/mol. The van der Waals surface area contributed by atoms with Crippen LogP contribution in [0.2, 0.25) is 0 Å². The van der Waals surface area contributed by atoms with E-state index in [0.29, 0.717) is 22.6 Å². The fourth-order valence-electron chi connectivity index (χ4n) is 2.33. The van der Waals surface area contributed by atoms with Gasteiger partial charge >= 0.3 is 17.1 Å². The normalized spacial score (nSPS) is 17.0. The van der Waals surface area contributed by atoms with Crippen LogP contribution >= 0.6 is 0 Å². The molecule has 126 valence electrons. The Labute approximate surface area is 159 Å². The van der Waals surface area contributed by atoms with Gasteiger partial charge in [0, 0.05) is 6.07 Å². The first kappa shape index (κ1) is 19.9. The standard InChI is InChI=1S/C15H11O4.C5H5.Fe/c1-18-10-6-7-11-12(8-10)19-15(14(17)13(11)16)9-4-2-3-5-9;1-2-4-5-3-1;/h2-8,17H,1H3;1-5H;/q;;+2. The van der Waals surface area contributed by atoms with Crippen LogP contribution in [0, 0.1) is 63.7 Å². The summed E-state index contributed by atoms with van der Waals surface area (Å²) in [5.74, 6) is 1.06. The Balaban J connectivity index is 0.000000325. The molecule has 2 saturated carbocycles. The number of hydrogen-bond acceptors (Lipinski definition) is 4. The first-order valence-corrected chi connectivity index (χ1v) is 7.43. The summed E-state index contributed by atoms with van der Waals surface area (Å²) in [7, 11) is 1.54. The van der Waals surface area contributed by atoms with Crippen LogP contribution in [0.5, 0.6) is 11.5 Å². The van der Waals surface area contributed by atoms with Gasteiger partial charge in [-0.15, -0.1) is 0 Å². The first-order valence-electron chi connectivity index (χ1n) is 7.43. The number of benzene rings is 1. The maximum Gasteiger partial charge on any atom is 2.00 e. The van der Waals surface area contributed by atoms with E-state index in [1.165, 1.54) is 7.11 Å². The maximum absolute atomic E-state index is 12.1. The average Bonchev–Trinajstić information content (AvgIpc) is 3.33. The van der Waals surface area contributed by atoms with Crippen LogP contribution in [-0.4, -0.2) is 12.2 Å². The second-order valence-electron chi connectivity index (χ2n) is 5.11. The van der Waals surface area contributed by atoms with Crippen molar-refractivity contribution in [1.82, 2.24) is 0 Å². The topological polar surface area (TPSA) is 59.7 Å². The Bertz CT molecular complexity index is 736. The smallest absolute Gasteiger partial charge is 0.502 e. The predicted molar refractivity (Wildman–Crippen MR) is 91.7 cm³/mol. The molecule has 1 aromatic carbocycles. The molecule has 2 fully saturated rings. The van der Waals surface area contributed by atoms with E-state index in [-0.39, 0.29) is 28.6 Å². The molecule has 0 atom stereocenters. The Morgan fingerprint density at radius 3 is 2.12 bits per heavy atom. The predicted octanol–water partition coefficient (Wildman–Crippen LogP) is 3.28. The molecule has 4 nitrogen and oxygen atoms in total. The Morgan fingerprint density at radius 1 is 0.960 bits per heavy atom. The van der Waals surface area contributed by atoms with E-state index in [1.807, 2.05) is 44.9 Å². The van der Waals surface area contributed by atoms with Gasteiger partial charge < -0.3 is 14.3 Å². The van der Waals surface area contributed by atoms with Gasteiger partial charge in [-0.2, -0.15) is 0 Å². The van der Waals surface area contributed by atoms with Crippen molar-refractivity contribution in [2.24, 2.45) is 0 Å². The van der Waals surface area contributed by atoms with E-state index in [9.17, 15) is 9.90 Å². The molecule has 25 heavy (non-hydrogen) atoms. The molecule has 5 heteroatoms. The molecule has 1 N–H and O–H groups in total. The van der Waals surface area contributed by atoms with Gasteiger partial charge in [-0.3, -0.25) is 4.79 Å². The van der Waals surface area contributed by atoms with E-state index >= 15 is 0 Å². The molecule has 0 bridgehead atoms. The molecular formula is C20H16FeO4+2. The van der Waals surface area contributed by atoms with E-state index < -0.39 is 5.43 Å². The maximum atomic E-state index is 12.1. The number of hydrogen-bond donors (Lipinski definition) is 1. The molecule has 1 heterocycles. The number of fused-ring (bicyclic) bond motifs is 1. The molecule has 0 saturated heterocycles. The van der Waals surface area contributed by atoms with Gasteiger partial charge in [-0.25, -0.2) is 0 Å². The van der Waals surface area contributed by atoms with E-state index in [4.69, 9.17) is 9.15 Å². The van der Waals surface area contributed by atoms with Gasteiger partial charge in [-0.1, -0.05) is 0 Å². The minimum atomic E-state index is -0.444. The van der Waals surface area contributed by atoms with Crippen LogP contribution in [0.1, 0.15) is 5.76 Å². The van der Waals surface area contributed by atoms with E-state index in [2.05, 4.69) is 0 Å². The summed E-state index contributed by atoms with van der Waals surface area (Å²) in [6.45, 7) is 0. The monoisotopic (exact) mass is 376 g/mol. The molecule has 0 spiro atoms. The molecule has 0 aliphatic heterocycles. The molecule has 2 aliphatic rings. The van der Waals surface area contributed by atoms with Crippen LogP contribution in [0.4, 0.5) is 0 Å². The summed E-state index contributed by atoms with van der Waals surface area (Å²) in [5, 5.41) is 10.3. The number of ether oxygens (including phenoxy) is 1. The van der Waals surface area contributed by atoms with Crippen molar-refractivity contribution >= 4 is 11.0 Å². The third-order valence-electron chi connectivity index (χ3n) is 3.56. The summed E-state index contributed by atoms with van der Waals surface area (Å²) in [4.78, 5) is 12.1. The molecule has 10 radical (unpaired) electrons. The summed E-state index contributed by atoms with van der Waals surface area (Å²) in [5.41, 5.74) is -0.0570. The molecule has 0 unspecified atom stereocenters. The van der Waals surface area contributed by atoms with Crippen molar-refractivity contribution in [3.63, 3.8) is 0 Å². The fourth-order valence-corrected chi connectivity index (χ4v) is 2.33. The average molecular weight is 376 g/mol. The van der Waals surface area contributed by atoms with Crippen LogP contribution in [-0.2, 0) is 17.1 Å². The van der Waals surface area contributed by atoms with Gasteiger partial charge in [0.05, 0.1) is 18.4 Å².